The van der Waals surface area contributed by atoms with Crippen molar-refractivity contribution in [3.05, 3.63) is 59.9 Å². The summed E-state index contributed by atoms with van der Waals surface area (Å²) in [6, 6.07) is 13.9. The Hall–Kier alpha value is -2.89. The lowest BCUT2D eigenvalue weighted by atomic mass is 9.96. The Bertz CT molecular complexity index is 763. The number of halogens is 1. The van der Waals surface area contributed by atoms with Crippen LogP contribution in [0.3, 0.4) is 0 Å². The highest BCUT2D eigenvalue weighted by Gasteiger charge is 2.18. The molecule has 1 unspecified atom stereocenters. The molecule has 0 bridgehead atoms. The molecule has 0 spiro atoms. The smallest absolute Gasteiger partial charge is 0.239 e. The third-order valence-electron chi connectivity index (χ3n) is 3.87. The minimum absolute atomic E-state index is 0.0429. The van der Waals surface area contributed by atoms with Crippen LogP contribution in [0.5, 0.6) is 0 Å². The van der Waals surface area contributed by atoms with Gasteiger partial charge in [0.25, 0.3) is 0 Å². The molecule has 2 aromatic rings. The number of hydrogen-bond acceptors (Lipinski definition) is 3. The van der Waals surface area contributed by atoms with E-state index in [2.05, 4.69) is 16.0 Å². The molecule has 0 aliphatic rings. The van der Waals surface area contributed by atoms with Crippen LogP contribution >= 0.6 is 0 Å². The molecule has 3 N–H and O–H groups in total. The van der Waals surface area contributed by atoms with Crippen LogP contribution in [0.25, 0.3) is 0 Å². The van der Waals surface area contributed by atoms with Gasteiger partial charge in [0.05, 0.1) is 18.3 Å². The Morgan fingerprint density at radius 3 is 2.38 bits per heavy atom. The average molecular weight is 357 g/mol. The van der Waals surface area contributed by atoms with Crippen molar-refractivity contribution >= 4 is 23.2 Å². The van der Waals surface area contributed by atoms with Gasteiger partial charge in [-0.15, -0.1) is 0 Å². The maximum Gasteiger partial charge on any atom is 0.239 e. The minimum Gasteiger partial charge on any atom is -0.376 e. The first kappa shape index (κ1) is 19.4. The first-order valence-corrected chi connectivity index (χ1v) is 8.52. The molecular formula is C20H24FN3O2. The van der Waals surface area contributed by atoms with E-state index in [0.29, 0.717) is 5.69 Å². The summed E-state index contributed by atoms with van der Waals surface area (Å²) in [5.41, 5.74) is 1.67. The fourth-order valence-corrected chi connectivity index (χ4v) is 2.62. The predicted molar refractivity (Wildman–Crippen MR) is 101 cm³/mol. The lowest BCUT2D eigenvalue weighted by molar-refractivity contribution is -0.120. The van der Waals surface area contributed by atoms with Gasteiger partial charge in [-0.1, -0.05) is 44.2 Å². The number of hydrogen-bond donors (Lipinski definition) is 3. The zero-order chi connectivity index (χ0) is 19.1. The SMILES string of the molecule is CC(=O)Nc1cc(NCC(=O)NC(c2ccccc2)C(C)C)ccc1F. The molecule has 0 aliphatic carbocycles. The molecule has 0 fully saturated rings. The van der Waals surface area contributed by atoms with Gasteiger partial charge in [-0.3, -0.25) is 9.59 Å². The number of amides is 2. The van der Waals surface area contributed by atoms with Gasteiger partial charge in [0.15, 0.2) is 0 Å². The lowest BCUT2D eigenvalue weighted by Crippen LogP contribution is -2.35. The van der Waals surface area contributed by atoms with E-state index in [-0.39, 0.29) is 36.0 Å². The second kappa shape index (κ2) is 8.99. The van der Waals surface area contributed by atoms with E-state index in [1.54, 1.807) is 0 Å². The fraction of sp³-hybridized carbons (Fsp3) is 0.300. The second-order valence-electron chi connectivity index (χ2n) is 6.43. The van der Waals surface area contributed by atoms with Gasteiger partial charge in [-0.05, 0) is 29.7 Å². The monoisotopic (exact) mass is 357 g/mol. The first-order chi connectivity index (χ1) is 12.4. The van der Waals surface area contributed by atoms with Gasteiger partial charge in [-0.25, -0.2) is 4.39 Å². The summed E-state index contributed by atoms with van der Waals surface area (Å²) in [7, 11) is 0. The van der Waals surface area contributed by atoms with E-state index >= 15 is 0 Å². The van der Waals surface area contributed by atoms with Gasteiger partial charge in [0.1, 0.15) is 5.82 Å². The normalized spacial score (nSPS) is 11.7. The van der Waals surface area contributed by atoms with Crippen LogP contribution in [0, 0.1) is 11.7 Å². The quantitative estimate of drug-likeness (QED) is 0.707. The molecule has 5 nitrogen and oxygen atoms in total. The number of benzene rings is 2. The Kier molecular flexibility index (Phi) is 6.72. The topological polar surface area (TPSA) is 70.2 Å². The highest BCUT2D eigenvalue weighted by Crippen LogP contribution is 2.22. The molecule has 0 saturated heterocycles. The number of rotatable bonds is 7. The first-order valence-electron chi connectivity index (χ1n) is 8.52. The van der Waals surface area contributed by atoms with Crippen LogP contribution in [-0.2, 0) is 9.59 Å². The highest BCUT2D eigenvalue weighted by atomic mass is 19.1. The van der Waals surface area contributed by atoms with Crippen molar-refractivity contribution < 1.29 is 14.0 Å². The standard InChI is InChI=1S/C20H24FN3O2/c1-13(2)20(15-7-5-4-6-8-15)24-19(26)12-22-16-9-10-17(21)18(11-16)23-14(3)25/h4-11,13,20,22H,12H2,1-3H3,(H,23,25)(H,24,26). The molecular weight excluding hydrogens is 333 g/mol. The van der Waals surface area contributed by atoms with E-state index in [1.165, 1.54) is 25.1 Å². The molecule has 2 aromatic carbocycles. The van der Waals surface area contributed by atoms with Gasteiger partial charge in [0.2, 0.25) is 11.8 Å². The largest absolute Gasteiger partial charge is 0.376 e. The van der Waals surface area contributed by atoms with Crippen LogP contribution in [0.1, 0.15) is 32.4 Å². The van der Waals surface area contributed by atoms with E-state index < -0.39 is 5.82 Å². The molecule has 6 heteroatoms. The van der Waals surface area contributed by atoms with Gasteiger partial charge in [0, 0.05) is 12.6 Å². The van der Waals surface area contributed by atoms with Crippen molar-refractivity contribution in [2.45, 2.75) is 26.8 Å². The molecule has 0 aromatic heterocycles. The van der Waals surface area contributed by atoms with Crippen LogP contribution in [-0.4, -0.2) is 18.4 Å². The Labute approximate surface area is 153 Å². The fourth-order valence-electron chi connectivity index (χ4n) is 2.62. The Balaban J connectivity index is 1.98. The number of nitrogens with one attached hydrogen (secondary N) is 3. The van der Waals surface area contributed by atoms with Gasteiger partial charge in [-0.2, -0.15) is 0 Å². The molecule has 1 atom stereocenters. The summed E-state index contributed by atoms with van der Waals surface area (Å²) in [6.45, 7) is 5.44. The number of anilines is 2. The zero-order valence-electron chi connectivity index (χ0n) is 15.2. The predicted octanol–water partition coefficient (Wildman–Crippen LogP) is 3.71. The maximum atomic E-state index is 13.7. The summed E-state index contributed by atoms with van der Waals surface area (Å²) in [5, 5.41) is 8.38. The van der Waals surface area contributed by atoms with E-state index in [9.17, 15) is 14.0 Å². The van der Waals surface area contributed by atoms with E-state index in [4.69, 9.17) is 0 Å². The van der Waals surface area contributed by atoms with Gasteiger partial charge >= 0.3 is 0 Å². The van der Waals surface area contributed by atoms with Crippen LogP contribution in [0.4, 0.5) is 15.8 Å². The summed E-state index contributed by atoms with van der Waals surface area (Å²) >= 11 is 0. The van der Waals surface area contributed by atoms with Crippen molar-refractivity contribution in [3.8, 4) is 0 Å². The minimum atomic E-state index is -0.529. The summed E-state index contributed by atoms with van der Waals surface area (Å²) < 4.78 is 13.7. The molecule has 0 aliphatic heterocycles. The maximum absolute atomic E-state index is 13.7. The number of carbonyl (C=O) groups is 2. The summed E-state index contributed by atoms with van der Waals surface area (Å²) in [4.78, 5) is 23.4. The third-order valence-corrected chi connectivity index (χ3v) is 3.87. The molecule has 138 valence electrons. The number of carbonyl (C=O) groups excluding carboxylic acids is 2. The average Bonchev–Trinajstić information content (AvgIpc) is 2.60. The van der Waals surface area contributed by atoms with Crippen molar-refractivity contribution in [3.63, 3.8) is 0 Å². The Morgan fingerprint density at radius 2 is 1.77 bits per heavy atom. The van der Waals surface area contributed by atoms with Gasteiger partial charge < -0.3 is 16.0 Å². The van der Waals surface area contributed by atoms with Crippen molar-refractivity contribution in [2.75, 3.05) is 17.2 Å². The van der Waals surface area contributed by atoms with Crippen molar-refractivity contribution in [1.29, 1.82) is 0 Å². The van der Waals surface area contributed by atoms with Crippen molar-refractivity contribution in [1.82, 2.24) is 5.32 Å². The molecule has 2 amide bonds. The lowest BCUT2D eigenvalue weighted by Gasteiger charge is -2.23. The van der Waals surface area contributed by atoms with E-state index in [1.807, 2.05) is 44.2 Å². The zero-order valence-corrected chi connectivity index (χ0v) is 15.2. The van der Waals surface area contributed by atoms with Crippen molar-refractivity contribution in [2.24, 2.45) is 5.92 Å². The second-order valence-corrected chi connectivity index (χ2v) is 6.43. The third kappa shape index (κ3) is 5.58. The molecule has 0 saturated carbocycles. The van der Waals surface area contributed by atoms with E-state index in [0.717, 1.165) is 5.56 Å². The summed E-state index contributed by atoms with van der Waals surface area (Å²) in [5.74, 6) is -0.822. The van der Waals surface area contributed by atoms with Crippen LogP contribution < -0.4 is 16.0 Å². The van der Waals surface area contributed by atoms with Crippen LogP contribution in [0.2, 0.25) is 0 Å². The molecule has 0 heterocycles. The highest BCUT2D eigenvalue weighted by molar-refractivity contribution is 5.89. The molecule has 26 heavy (non-hydrogen) atoms. The van der Waals surface area contributed by atoms with Crippen LogP contribution in [0.15, 0.2) is 48.5 Å². The Morgan fingerprint density at radius 1 is 1.08 bits per heavy atom. The molecule has 2 rings (SSSR count). The summed E-state index contributed by atoms with van der Waals surface area (Å²) in [6.07, 6.45) is 0. The molecule has 0 radical (unpaired) electrons.